The average molecular weight is 710 g/mol. The van der Waals surface area contributed by atoms with Gasteiger partial charge in [-0.15, -0.1) is 0 Å². The van der Waals surface area contributed by atoms with Crippen molar-refractivity contribution in [2.75, 3.05) is 13.6 Å². The van der Waals surface area contributed by atoms with Gasteiger partial charge in [0, 0.05) is 44.0 Å². The normalized spacial score (nSPS) is 18.5. The lowest BCUT2D eigenvalue weighted by atomic mass is 9.97. The van der Waals surface area contributed by atoms with Crippen LogP contribution < -0.4 is 10.8 Å². The van der Waals surface area contributed by atoms with Crippen LogP contribution in [0.25, 0.3) is 11.1 Å². The minimum Gasteiger partial charge on any atom is -0.392 e. The van der Waals surface area contributed by atoms with E-state index in [4.69, 9.17) is 14.7 Å². The first-order chi connectivity index (χ1) is 25.2. The number of benzene rings is 4. The second-order valence-corrected chi connectivity index (χ2v) is 13.6. The zero-order chi connectivity index (χ0) is 36.9. The number of nitrogens with one attached hydrogen (secondary N) is 2. The van der Waals surface area contributed by atoms with E-state index in [9.17, 15) is 19.8 Å². The maximum Gasteiger partial charge on any atom is 0.243 e. The molecule has 4 aromatic rings. The number of hydrogen-bond donors (Lipinski definition) is 5. The second kappa shape index (κ2) is 19.4. The lowest BCUT2D eigenvalue weighted by molar-refractivity contribution is -0.253. The molecule has 10 nitrogen and oxygen atoms in total. The van der Waals surface area contributed by atoms with Gasteiger partial charge >= 0.3 is 0 Å². The van der Waals surface area contributed by atoms with Gasteiger partial charge < -0.3 is 25.0 Å². The molecule has 0 bridgehead atoms. The quantitative estimate of drug-likeness (QED) is 0.0475. The summed E-state index contributed by atoms with van der Waals surface area (Å²) in [5, 5.41) is 32.3. The highest BCUT2D eigenvalue weighted by atomic mass is 16.7. The zero-order valence-corrected chi connectivity index (χ0v) is 30.0. The van der Waals surface area contributed by atoms with E-state index in [1.54, 1.807) is 5.48 Å². The molecule has 10 heteroatoms. The Morgan fingerprint density at radius 2 is 1.50 bits per heavy atom. The first-order valence-electron chi connectivity index (χ1n) is 18.1. The SMILES string of the molecule is C[C@@H]([C@H](O)c1ccccc1)N(C)C[C@@H]1C[C@H](c2ccc(CO)cc2)O[C@H](c2cccc(-c3cccc(CNC(=O)CCCCCC(=O)NO)c3)c2)O1. The third kappa shape index (κ3) is 11.0. The van der Waals surface area contributed by atoms with E-state index >= 15 is 0 Å². The van der Waals surface area contributed by atoms with Crippen molar-refractivity contribution in [2.24, 2.45) is 0 Å². The summed E-state index contributed by atoms with van der Waals surface area (Å²) < 4.78 is 13.3. The molecule has 1 aliphatic rings. The predicted molar refractivity (Wildman–Crippen MR) is 199 cm³/mol. The fraction of sp³-hybridized carbons (Fsp3) is 0.381. The van der Waals surface area contributed by atoms with Crippen LogP contribution in [0.4, 0.5) is 0 Å². The highest BCUT2D eigenvalue weighted by molar-refractivity contribution is 5.76. The van der Waals surface area contributed by atoms with Crippen LogP contribution in [0.1, 0.15) is 91.8 Å². The highest BCUT2D eigenvalue weighted by Crippen LogP contribution is 2.39. The summed E-state index contributed by atoms with van der Waals surface area (Å²) in [6.45, 7) is 2.98. The number of nitrogens with zero attached hydrogens (tertiary/aromatic N) is 1. The first-order valence-corrected chi connectivity index (χ1v) is 18.1. The summed E-state index contributed by atoms with van der Waals surface area (Å²) >= 11 is 0. The molecule has 0 aliphatic carbocycles. The van der Waals surface area contributed by atoms with Gasteiger partial charge in [-0.25, -0.2) is 5.48 Å². The average Bonchev–Trinajstić information content (AvgIpc) is 3.19. The lowest BCUT2D eigenvalue weighted by Gasteiger charge is -2.39. The number of hydrogen-bond acceptors (Lipinski definition) is 8. The van der Waals surface area contributed by atoms with Gasteiger partial charge in [-0.2, -0.15) is 0 Å². The summed E-state index contributed by atoms with van der Waals surface area (Å²) in [6, 6.07) is 33.6. The molecule has 52 heavy (non-hydrogen) atoms. The van der Waals surface area contributed by atoms with Crippen molar-refractivity contribution in [3.63, 3.8) is 0 Å². The number of aliphatic hydroxyl groups is 2. The Morgan fingerprint density at radius 3 is 2.21 bits per heavy atom. The summed E-state index contributed by atoms with van der Waals surface area (Å²) in [5.41, 5.74) is 8.20. The molecule has 4 aromatic carbocycles. The van der Waals surface area contributed by atoms with E-state index in [0.29, 0.717) is 38.8 Å². The molecule has 276 valence electrons. The van der Waals surface area contributed by atoms with Gasteiger partial charge in [0.15, 0.2) is 6.29 Å². The third-order valence-electron chi connectivity index (χ3n) is 9.74. The van der Waals surface area contributed by atoms with Crippen LogP contribution in [0.2, 0.25) is 0 Å². The molecule has 2 amide bonds. The maximum atomic E-state index is 12.4. The van der Waals surface area contributed by atoms with E-state index in [1.165, 1.54) is 0 Å². The molecule has 0 spiro atoms. The van der Waals surface area contributed by atoms with E-state index in [0.717, 1.165) is 45.4 Å². The Morgan fingerprint density at radius 1 is 0.808 bits per heavy atom. The van der Waals surface area contributed by atoms with Crippen LogP contribution in [0.15, 0.2) is 103 Å². The minimum atomic E-state index is -0.650. The van der Waals surface area contributed by atoms with Crippen LogP contribution >= 0.6 is 0 Å². The van der Waals surface area contributed by atoms with Gasteiger partial charge in [0.05, 0.1) is 24.9 Å². The lowest BCUT2D eigenvalue weighted by Crippen LogP contribution is -2.43. The van der Waals surface area contributed by atoms with Gasteiger partial charge in [-0.3, -0.25) is 19.7 Å². The molecule has 1 fully saturated rings. The number of likely N-dealkylation sites (N-methyl/N-ethyl adjacent to an activating group) is 1. The Hall–Kier alpha value is -4.42. The van der Waals surface area contributed by atoms with E-state index in [-0.39, 0.29) is 37.2 Å². The molecular weight excluding hydrogens is 658 g/mol. The van der Waals surface area contributed by atoms with Crippen molar-refractivity contribution in [3.8, 4) is 11.1 Å². The smallest absolute Gasteiger partial charge is 0.243 e. The summed E-state index contributed by atoms with van der Waals surface area (Å²) in [7, 11) is 2.01. The fourth-order valence-electron chi connectivity index (χ4n) is 6.51. The van der Waals surface area contributed by atoms with E-state index in [2.05, 4.69) is 22.3 Å². The Kier molecular flexibility index (Phi) is 14.5. The number of ether oxygens (including phenoxy) is 2. The summed E-state index contributed by atoms with van der Waals surface area (Å²) in [6.07, 6.45) is 1.54. The van der Waals surface area contributed by atoms with E-state index < -0.39 is 18.3 Å². The zero-order valence-electron chi connectivity index (χ0n) is 30.0. The van der Waals surface area contributed by atoms with Crippen LogP contribution in [0.3, 0.4) is 0 Å². The molecule has 1 saturated heterocycles. The Bertz CT molecular complexity index is 1720. The number of carbonyl (C=O) groups is 2. The number of aliphatic hydroxyl groups excluding tert-OH is 2. The standard InChI is InChI=1S/C42H51N3O7/c1-29(41(49)33-12-5-3-6-13-33)45(2)27-37-25-38(32-21-19-30(28-46)20-22-32)52-42(51-37)36-16-10-15-35(24-36)34-14-9-11-31(23-34)26-43-39(47)17-7-4-8-18-40(48)44-50/h3,5-6,9-16,19-24,29,37-38,41-42,46,49-50H,4,7-8,17-18,25-28H2,1-2H3,(H,43,47)(H,44,48)/t29-,37-,38+,41-,42+/m0/s1. The molecule has 0 radical (unpaired) electrons. The Balaban J connectivity index is 1.26. The maximum absolute atomic E-state index is 12.4. The first kappa shape index (κ1) is 38.8. The van der Waals surface area contributed by atoms with Crippen molar-refractivity contribution in [2.45, 2.75) is 89.2 Å². The molecule has 5 atom stereocenters. The molecule has 1 heterocycles. The summed E-state index contributed by atoms with van der Waals surface area (Å²) in [4.78, 5) is 25.7. The van der Waals surface area contributed by atoms with Crippen molar-refractivity contribution >= 4 is 11.8 Å². The number of amides is 2. The monoisotopic (exact) mass is 709 g/mol. The topological polar surface area (TPSA) is 141 Å². The third-order valence-corrected chi connectivity index (χ3v) is 9.74. The molecule has 5 rings (SSSR count). The molecule has 0 saturated carbocycles. The number of unbranched alkanes of at least 4 members (excludes halogenated alkanes) is 2. The van der Waals surface area contributed by atoms with Crippen molar-refractivity contribution < 1.29 is 34.5 Å². The van der Waals surface area contributed by atoms with Gasteiger partial charge in [0.2, 0.25) is 11.8 Å². The van der Waals surface area contributed by atoms with Gasteiger partial charge in [0.1, 0.15) is 0 Å². The largest absolute Gasteiger partial charge is 0.392 e. The molecule has 0 unspecified atom stereocenters. The molecule has 5 N–H and O–H groups in total. The number of carbonyl (C=O) groups excluding carboxylic acids is 2. The fourth-order valence-corrected chi connectivity index (χ4v) is 6.51. The van der Waals surface area contributed by atoms with Crippen LogP contribution in [-0.2, 0) is 32.2 Å². The minimum absolute atomic E-state index is 0.0258. The number of hydroxylamine groups is 1. The van der Waals surface area contributed by atoms with Crippen LogP contribution in [0.5, 0.6) is 0 Å². The van der Waals surface area contributed by atoms with Crippen molar-refractivity contribution in [3.05, 3.63) is 131 Å². The molecule has 0 aromatic heterocycles. The van der Waals surface area contributed by atoms with Gasteiger partial charge in [-0.1, -0.05) is 97.4 Å². The van der Waals surface area contributed by atoms with Crippen LogP contribution in [-0.4, -0.2) is 57.9 Å². The van der Waals surface area contributed by atoms with Gasteiger partial charge in [0.25, 0.3) is 0 Å². The summed E-state index contributed by atoms with van der Waals surface area (Å²) in [5.74, 6) is -0.461. The molecular formula is C42H51N3O7. The van der Waals surface area contributed by atoms with E-state index in [1.807, 2.05) is 105 Å². The Labute approximate surface area is 306 Å². The van der Waals surface area contributed by atoms with Crippen LogP contribution in [0, 0.1) is 0 Å². The number of rotatable bonds is 17. The molecule has 1 aliphatic heterocycles. The van der Waals surface area contributed by atoms with Crippen molar-refractivity contribution in [1.82, 2.24) is 15.7 Å². The highest BCUT2D eigenvalue weighted by Gasteiger charge is 2.34. The predicted octanol–water partition coefficient (Wildman–Crippen LogP) is 6.52. The second-order valence-electron chi connectivity index (χ2n) is 13.6. The van der Waals surface area contributed by atoms with Crippen molar-refractivity contribution in [1.29, 1.82) is 0 Å². The van der Waals surface area contributed by atoms with Gasteiger partial charge in [-0.05, 0) is 72.3 Å².